The van der Waals surface area contributed by atoms with Gasteiger partial charge in [-0.05, 0) is 125 Å². The Morgan fingerprint density at radius 3 is 1.60 bits per heavy atom. The van der Waals surface area contributed by atoms with Gasteiger partial charge >= 0.3 is 0 Å². The van der Waals surface area contributed by atoms with E-state index in [1.807, 2.05) is 11.3 Å². The van der Waals surface area contributed by atoms with Crippen molar-refractivity contribution in [3.05, 3.63) is 210 Å². The Hall–Kier alpha value is -7.00. The molecule has 294 valence electrons. The molecule has 0 atom stereocenters. The number of hydrogen-bond acceptors (Lipinski definition) is 2. The maximum Gasteiger partial charge on any atom is 0.0468 e. The first-order chi connectivity index (χ1) is 30.3. The first-order valence-corrected chi connectivity index (χ1v) is 22.7. The molecule has 0 amide bonds. The summed E-state index contributed by atoms with van der Waals surface area (Å²) >= 11 is 1.94. The summed E-state index contributed by atoms with van der Waals surface area (Å²) in [6, 6.07) is 70.8. The van der Waals surface area contributed by atoms with Crippen molar-refractivity contribution in [1.82, 2.24) is 0 Å². The molecule has 1 nitrogen and oxygen atoms in total. The lowest BCUT2D eigenvalue weighted by molar-refractivity contribution is 0.660. The van der Waals surface area contributed by atoms with Crippen LogP contribution in [0.25, 0.3) is 85.9 Å². The van der Waals surface area contributed by atoms with Crippen LogP contribution < -0.4 is 4.90 Å². The SMILES string of the molecule is CC1(C)c2ccccc2-c2ccc(N(c3ccc(-c4cccc5sc6c7c(ccc6c45)C(C)(C)c4ccccc4-7)cc3)c3ccc4c5ccccc5c5ccccc5c4c3)cc21. The monoisotopic (exact) mass is 809 g/mol. The Balaban J connectivity index is 0.992. The van der Waals surface area contributed by atoms with E-state index in [1.165, 1.54) is 108 Å². The van der Waals surface area contributed by atoms with Crippen LogP contribution in [0.1, 0.15) is 49.9 Å². The molecule has 0 aliphatic heterocycles. The molecule has 13 rings (SSSR count). The molecule has 1 aromatic heterocycles. The van der Waals surface area contributed by atoms with E-state index in [2.05, 4.69) is 221 Å². The lowest BCUT2D eigenvalue weighted by Crippen LogP contribution is -2.16. The van der Waals surface area contributed by atoms with E-state index in [-0.39, 0.29) is 10.8 Å². The minimum absolute atomic E-state index is 0.0225. The molecule has 0 unspecified atom stereocenters. The lowest BCUT2D eigenvalue weighted by atomic mass is 9.82. The van der Waals surface area contributed by atoms with E-state index in [0.29, 0.717) is 0 Å². The number of benzene rings is 10. The van der Waals surface area contributed by atoms with E-state index < -0.39 is 0 Å². The third kappa shape index (κ3) is 4.84. The van der Waals surface area contributed by atoms with Crippen LogP contribution in [0.5, 0.6) is 0 Å². The van der Waals surface area contributed by atoms with E-state index in [9.17, 15) is 0 Å². The van der Waals surface area contributed by atoms with Crippen molar-refractivity contribution in [3.63, 3.8) is 0 Å². The van der Waals surface area contributed by atoms with Gasteiger partial charge in [0.15, 0.2) is 0 Å². The molecule has 62 heavy (non-hydrogen) atoms. The van der Waals surface area contributed by atoms with Gasteiger partial charge in [0.1, 0.15) is 0 Å². The highest BCUT2D eigenvalue weighted by atomic mass is 32.1. The standard InChI is InChI=1S/C60H43NS/c1-59(2)52-22-12-10-19-48(52)57-53(59)33-32-49-56-40(20-13-23-55(56)62-58(49)57)36-24-26-37(27-25-36)61(39-29-31-47-46-18-9-11-21-51(46)60(3,4)54(47)35-39)38-28-30-45-43-16-6-5-14-41(43)42-15-7-8-17-44(42)50(45)34-38/h5-35H,1-4H3. The van der Waals surface area contributed by atoms with Gasteiger partial charge in [0, 0.05) is 53.6 Å². The van der Waals surface area contributed by atoms with Crippen molar-refractivity contribution in [2.24, 2.45) is 0 Å². The van der Waals surface area contributed by atoms with E-state index in [1.54, 1.807) is 0 Å². The molecule has 0 saturated heterocycles. The average Bonchev–Trinajstić information content (AvgIpc) is 3.89. The number of nitrogens with zero attached hydrogens (tertiary/aromatic N) is 1. The minimum atomic E-state index is -0.115. The highest BCUT2D eigenvalue weighted by Gasteiger charge is 2.38. The topological polar surface area (TPSA) is 3.24 Å². The molecule has 0 N–H and O–H groups in total. The fraction of sp³-hybridized carbons (Fsp3) is 0.100. The van der Waals surface area contributed by atoms with Gasteiger partial charge in [0.05, 0.1) is 0 Å². The Kier molecular flexibility index (Phi) is 7.36. The third-order valence-electron chi connectivity index (χ3n) is 14.5. The van der Waals surface area contributed by atoms with Crippen LogP contribution >= 0.6 is 11.3 Å². The van der Waals surface area contributed by atoms with Gasteiger partial charge in [0.2, 0.25) is 0 Å². The second-order valence-electron chi connectivity index (χ2n) is 18.4. The molecule has 1 heterocycles. The highest BCUT2D eigenvalue weighted by molar-refractivity contribution is 7.26. The molecule has 0 bridgehead atoms. The average molecular weight is 810 g/mol. The molecular formula is C60H43NS. The van der Waals surface area contributed by atoms with Gasteiger partial charge in [-0.1, -0.05) is 173 Å². The van der Waals surface area contributed by atoms with Crippen LogP contribution in [0.4, 0.5) is 17.1 Å². The summed E-state index contributed by atoms with van der Waals surface area (Å²) in [5, 5.41) is 10.4. The van der Waals surface area contributed by atoms with Crippen molar-refractivity contribution in [2.45, 2.75) is 38.5 Å². The molecule has 10 aromatic carbocycles. The van der Waals surface area contributed by atoms with Crippen LogP contribution in [0.3, 0.4) is 0 Å². The number of rotatable bonds is 4. The van der Waals surface area contributed by atoms with Crippen LogP contribution in [0.15, 0.2) is 188 Å². The Bertz CT molecular complexity index is 3660. The molecule has 0 saturated carbocycles. The predicted octanol–water partition coefficient (Wildman–Crippen LogP) is 17.3. The zero-order chi connectivity index (χ0) is 41.5. The normalized spacial score (nSPS) is 14.4. The Morgan fingerprint density at radius 2 is 0.871 bits per heavy atom. The molecule has 0 fully saturated rings. The lowest BCUT2D eigenvalue weighted by Gasteiger charge is -2.28. The first kappa shape index (κ1) is 35.7. The zero-order valence-corrected chi connectivity index (χ0v) is 36.1. The summed E-state index contributed by atoms with van der Waals surface area (Å²) in [6.07, 6.45) is 0. The van der Waals surface area contributed by atoms with Gasteiger partial charge in [0.25, 0.3) is 0 Å². The summed E-state index contributed by atoms with van der Waals surface area (Å²) in [6.45, 7) is 9.49. The van der Waals surface area contributed by atoms with Crippen LogP contribution in [-0.2, 0) is 10.8 Å². The molecular weight excluding hydrogens is 767 g/mol. The van der Waals surface area contributed by atoms with Crippen LogP contribution in [0, 0.1) is 0 Å². The summed E-state index contributed by atoms with van der Waals surface area (Å²) < 4.78 is 2.72. The highest BCUT2D eigenvalue weighted by Crippen LogP contribution is 2.55. The smallest absolute Gasteiger partial charge is 0.0468 e. The van der Waals surface area contributed by atoms with E-state index in [4.69, 9.17) is 0 Å². The molecule has 2 aliphatic rings. The maximum atomic E-state index is 2.47. The fourth-order valence-electron chi connectivity index (χ4n) is 11.4. The number of anilines is 3. The summed E-state index contributed by atoms with van der Waals surface area (Å²) in [4.78, 5) is 2.47. The van der Waals surface area contributed by atoms with Gasteiger partial charge < -0.3 is 4.90 Å². The number of thiophene rings is 1. The third-order valence-corrected chi connectivity index (χ3v) is 15.6. The van der Waals surface area contributed by atoms with Crippen molar-refractivity contribution < 1.29 is 0 Å². The van der Waals surface area contributed by atoms with Gasteiger partial charge in [-0.25, -0.2) is 0 Å². The Morgan fingerprint density at radius 1 is 0.355 bits per heavy atom. The second kappa shape index (κ2) is 12.8. The summed E-state index contributed by atoms with van der Waals surface area (Å²) in [5.74, 6) is 0. The second-order valence-corrected chi connectivity index (χ2v) is 19.5. The fourth-order valence-corrected chi connectivity index (χ4v) is 12.7. The van der Waals surface area contributed by atoms with E-state index in [0.717, 1.165) is 17.1 Å². The molecule has 2 aliphatic carbocycles. The van der Waals surface area contributed by atoms with Gasteiger partial charge in [-0.3, -0.25) is 0 Å². The number of hydrogen-bond donors (Lipinski definition) is 0. The Labute approximate surface area is 366 Å². The van der Waals surface area contributed by atoms with Crippen LogP contribution in [0.2, 0.25) is 0 Å². The van der Waals surface area contributed by atoms with Gasteiger partial charge in [-0.2, -0.15) is 0 Å². The van der Waals surface area contributed by atoms with E-state index >= 15 is 0 Å². The quantitative estimate of drug-likeness (QED) is 0.160. The summed E-state index contributed by atoms with van der Waals surface area (Å²) in [5.41, 5.74) is 16.9. The van der Waals surface area contributed by atoms with Crippen molar-refractivity contribution >= 4 is 80.9 Å². The molecule has 11 aromatic rings. The number of fused-ring (bicyclic) bond motifs is 16. The van der Waals surface area contributed by atoms with Crippen molar-refractivity contribution in [1.29, 1.82) is 0 Å². The van der Waals surface area contributed by atoms with Crippen molar-refractivity contribution in [2.75, 3.05) is 4.90 Å². The van der Waals surface area contributed by atoms with Crippen molar-refractivity contribution in [3.8, 4) is 33.4 Å². The van der Waals surface area contributed by atoms with Gasteiger partial charge in [-0.15, -0.1) is 11.3 Å². The predicted molar refractivity (Wildman–Crippen MR) is 267 cm³/mol. The molecule has 0 spiro atoms. The molecule has 0 radical (unpaired) electrons. The zero-order valence-electron chi connectivity index (χ0n) is 35.3. The first-order valence-electron chi connectivity index (χ1n) is 21.8. The largest absolute Gasteiger partial charge is 0.310 e. The molecule has 2 heteroatoms. The maximum absolute atomic E-state index is 2.47. The van der Waals surface area contributed by atoms with Crippen LogP contribution in [-0.4, -0.2) is 0 Å². The minimum Gasteiger partial charge on any atom is -0.310 e. The summed E-state index contributed by atoms with van der Waals surface area (Å²) in [7, 11) is 0.